The number of anilines is 1. The van der Waals surface area contributed by atoms with Crippen molar-refractivity contribution < 1.29 is 19.4 Å². The van der Waals surface area contributed by atoms with Crippen molar-refractivity contribution in [3.05, 3.63) is 11.8 Å². The molecule has 1 aromatic heterocycles. The number of H-pyrrole nitrogens is 1. The van der Waals surface area contributed by atoms with E-state index in [1.54, 1.807) is 6.07 Å². The highest BCUT2D eigenvalue weighted by Crippen LogP contribution is 2.15. The van der Waals surface area contributed by atoms with Crippen LogP contribution in [0.1, 0.15) is 5.69 Å². The molecule has 2 heterocycles. The quantitative estimate of drug-likeness (QED) is 0.744. The third-order valence-electron chi connectivity index (χ3n) is 3.05. The summed E-state index contributed by atoms with van der Waals surface area (Å²) in [5, 5.41) is 15.8. The number of ether oxygens (including phenoxy) is 1. The van der Waals surface area contributed by atoms with E-state index in [0.717, 1.165) is 5.82 Å². The number of amides is 1. The van der Waals surface area contributed by atoms with E-state index in [4.69, 9.17) is 5.11 Å². The number of hydrogen-bond acceptors (Lipinski definition) is 5. The predicted octanol–water partition coefficient (Wildman–Crippen LogP) is -0.0748. The molecule has 104 valence electrons. The maximum Gasteiger partial charge on any atom is 0.407 e. The number of hydrogen-bond donors (Lipinski definition) is 2. The Morgan fingerprint density at radius 1 is 1.42 bits per heavy atom. The van der Waals surface area contributed by atoms with Crippen molar-refractivity contribution in [1.82, 2.24) is 15.1 Å². The van der Waals surface area contributed by atoms with Crippen LogP contribution in [0.5, 0.6) is 0 Å². The van der Waals surface area contributed by atoms with Gasteiger partial charge in [0.1, 0.15) is 0 Å². The normalized spacial score (nSPS) is 15.4. The first-order valence-corrected chi connectivity index (χ1v) is 5.94. The number of nitrogens with zero attached hydrogens (tertiary/aromatic N) is 3. The third kappa shape index (κ3) is 3.15. The zero-order chi connectivity index (χ0) is 13.8. The summed E-state index contributed by atoms with van der Waals surface area (Å²) in [7, 11) is 1.34. The van der Waals surface area contributed by atoms with Gasteiger partial charge in [0.2, 0.25) is 0 Å². The van der Waals surface area contributed by atoms with E-state index in [-0.39, 0.29) is 12.4 Å². The summed E-state index contributed by atoms with van der Waals surface area (Å²) in [6.45, 7) is 2.09. The van der Waals surface area contributed by atoms with Gasteiger partial charge in [-0.2, -0.15) is 5.10 Å². The van der Waals surface area contributed by atoms with Gasteiger partial charge in [0.05, 0.1) is 13.5 Å². The van der Waals surface area contributed by atoms with Crippen molar-refractivity contribution in [2.45, 2.75) is 6.42 Å². The summed E-state index contributed by atoms with van der Waals surface area (Å²) >= 11 is 0. The molecule has 1 aliphatic rings. The molecular weight excluding hydrogens is 252 g/mol. The van der Waals surface area contributed by atoms with Gasteiger partial charge in [0.15, 0.2) is 5.82 Å². The van der Waals surface area contributed by atoms with Crippen LogP contribution in [0.3, 0.4) is 0 Å². The van der Waals surface area contributed by atoms with Crippen LogP contribution in [0, 0.1) is 0 Å². The molecule has 1 aromatic rings. The molecule has 0 saturated carbocycles. The molecule has 1 fully saturated rings. The lowest BCUT2D eigenvalue weighted by molar-refractivity contribution is -0.139. The molecule has 19 heavy (non-hydrogen) atoms. The zero-order valence-corrected chi connectivity index (χ0v) is 10.6. The van der Waals surface area contributed by atoms with Crippen LogP contribution < -0.4 is 4.90 Å². The second kappa shape index (κ2) is 5.59. The Morgan fingerprint density at radius 2 is 2.11 bits per heavy atom. The molecule has 0 bridgehead atoms. The Kier molecular flexibility index (Phi) is 3.88. The first-order valence-electron chi connectivity index (χ1n) is 5.94. The number of carbonyl (C=O) groups is 2. The van der Waals surface area contributed by atoms with Crippen LogP contribution in [-0.2, 0) is 16.0 Å². The van der Waals surface area contributed by atoms with Crippen LogP contribution in [-0.4, -0.2) is 65.6 Å². The lowest BCUT2D eigenvalue weighted by atomic mass is 10.3. The zero-order valence-electron chi connectivity index (χ0n) is 10.6. The molecule has 0 aliphatic carbocycles. The molecule has 0 radical (unpaired) electrons. The van der Waals surface area contributed by atoms with Gasteiger partial charge in [-0.3, -0.25) is 9.89 Å². The predicted molar refractivity (Wildman–Crippen MR) is 66.1 cm³/mol. The van der Waals surface area contributed by atoms with Crippen LogP contribution >= 0.6 is 0 Å². The molecule has 0 aromatic carbocycles. The Balaban J connectivity index is 1.93. The molecule has 1 aliphatic heterocycles. The van der Waals surface area contributed by atoms with Crippen LogP contribution in [0.25, 0.3) is 0 Å². The number of aromatic nitrogens is 2. The molecular formula is C11H16N4O4. The highest BCUT2D eigenvalue weighted by molar-refractivity contribution is 5.72. The van der Waals surface area contributed by atoms with Crippen LogP contribution in [0.2, 0.25) is 0 Å². The first kappa shape index (κ1) is 13.2. The van der Waals surface area contributed by atoms with Gasteiger partial charge in [-0.25, -0.2) is 4.79 Å². The SMILES string of the molecule is COC(=O)Cc1cc(N2CCN(C(=O)O)CC2)n[nH]1. The number of piperazine rings is 1. The highest BCUT2D eigenvalue weighted by atomic mass is 16.5. The number of esters is 1. The summed E-state index contributed by atoms with van der Waals surface area (Å²) in [6, 6.07) is 1.79. The van der Waals surface area contributed by atoms with E-state index >= 15 is 0 Å². The van der Waals surface area contributed by atoms with Gasteiger partial charge < -0.3 is 19.6 Å². The minimum Gasteiger partial charge on any atom is -0.469 e. The average molecular weight is 268 g/mol. The Morgan fingerprint density at radius 3 is 2.68 bits per heavy atom. The van der Waals surface area contributed by atoms with Crippen LogP contribution in [0.15, 0.2) is 6.07 Å². The standard InChI is InChI=1S/C11H16N4O4/c1-19-10(16)7-8-6-9(13-12-8)14-2-4-15(5-3-14)11(17)18/h6H,2-5,7H2,1H3,(H,12,13)(H,17,18). The summed E-state index contributed by atoms with van der Waals surface area (Å²) in [4.78, 5) is 25.3. The number of rotatable bonds is 3. The number of carboxylic acid groups (broad SMARTS) is 1. The van der Waals surface area contributed by atoms with E-state index in [0.29, 0.717) is 31.9 Å². The van der Waals surface area contributed by atoms with Crippen molar-refractivity contribution in [3.63, 3.8) is 0 Å². The second-order valence-corrected chi connectivity index (χ2v) is 4.26. The smallest absolute Gasteiger partial charge is 0.407 e. The molecule has 0 atom stereocenters. The number of aromatic amines is 1. The molecule has 8 nitrogen and oxygen atoms in total. The molecule has 1 amide bonds. The van der Waals surface area contributed by atoms with Crippen LogP contribution in [0.4, 0.5) is 10.6 Å². The van der Waals surface area contributed by atoms with Crippen molar-refractivity contribution in [2.75, 3.05) is 38.2 Å². The highest BCUT2D eigenvalue weighted by Gasteiger charge is 2.22. The van der Waals surface area contributed by atoms with E-state index in [1.165, 1.54) is 12.0 Å². The van der Waals surface area contributed by atoms with Gasteiger partial charge in [0, 0.05) is 37.9 Å². The fourth-order valence-corrected chi connectivity index (χ4v) is 1.96. The van der Waals surface area contributed by atoms with Crippen molar-refractivity contribution in [3.8, 4) is 0 Å². The molecule has 1 saturated heterocycles. The van der Waals surface area contributed by atoms with Crippen molar-refractivity contribution in [1.29, 1.82) is 0 Å². The second-order valence-electron chi connectivity index (χ2n) is 4.26. The maximum atomic E-state index is 11.1. The van der Waals surface area contributed by atoms with Gasteiger partial charge in [-0.1, -0.05) is 0 Å². The third-order valence-corrected chi connectivity index (χ3v) is 3.05. The number of methoxy groups -OCH3 is 1. The number of nitrogens with one attached hydrogen (secondary N) is 1. The van der Waals surface area contributed by atoms with E-state index in [1.807, 2.05) is 4.90 Å². The summed E-state index contributed by atoms with van der Waals surface area (Å²) in [5.74, 6) is 0.398. The van der Waals surface area contributed by atoms with Crippen molar-refractivity contribution in [2.24, 2.45) is 0 Å². The van der Waals surface area contributed by atoms with E-state index in [9.17, 15) is 9.59 Å². The number of carbonyl (C=O) groups excluding carboxylic acids is 1. The largest absolute Gasteiger partial charge is 0.469 e. The van der Waals surface area contributed by atoms with Gasteiger partial charge in [-0.05, 0) is 0 Å². The lowest BCUT2D eigenvalue weighted by Gasteiger charge is -2.33. The minimum atomic E-state index is -0.895. The molecule has 0 spiro atoms. The van der Waals surface area contributed by atoms with E-state index in [2.05, 4.69) is 14.9 Å². The lowest BCUT2D eigenvalue weighted by Crippen LogP contribution is -2.48. The van der Waals surface area contributed by atoms with Crippen molar-refractivity contribution >= 4 is 17.9 Å². The Labute approximate surface area is 109 Å². The monoisotopic (exact) mass is 268 g/mol. The topological polar surface area (TPSA) is 98.8 Å². The fourth-order valence-electron chi connectivity index (χ4n) is 1.96. The minimum absolute atomic E-state index is 0.151. The fraction of sp³-hybridized carbons (Fsp3) is 0.545. The molecule has 8 heteroatoms. The molecule has 2 rings (SSSR count). The first-order chi connectivity index (χ1) is 9.10. The summed E-state index contributed by atoms with van der Waals surface area (Å²) in [6.07, 6.45) is -0.744. The summed E-state index contributed by atoms with van der Waals surface area (Å²) in [5.41, 5.74) is 0.683. The average Bonchev–Trinajstić information content (AvgIpc) is 2.87. The van der Waals surface area contributed by atoms with Gasteiger partial charge in [-0.15, -0.1) is 0 Å². The Bertz CT molecular complexity index is 465. The van der Waals surface area contributed by atoms with Gasteiger partial charge in [0.25, 0.3) is 0 Å². The molecule has 2 N–H and O–H groups in total. The summed E-state index contributed by atoms with van der Waals surface area (Å²) < 4.78 is 4.58. The molecule has 0 unspecified atom stereocenters. The Hall–Kier alpha value is -2.25. The maximum absolute atomic E-state index is 11.1. The van der Waals surface area contributed by atoms with E-state index < -0.39 is 6.09 Å². The van der Waals surface area contributed by atoms with Gasteiger partial charge >= 0.3 is 12.1 Å².